The number of benzene rings is 2. The molecule has 0 saturated heterocycles. The summed E-state index contributed by atoms with van der Waals surface area (Å²) in [6.07, 6.45) is 2.24. The van der Waals surface area contributed by atoms with Gasteiger partial charge in [-0.25, -0.2) is 0 Å². The number of nitrogens with zero attached hydrogens (tertiary/aromatic N) is 1. The highest BCUT2D eigenvalue weighted by Gasteiger charge is 2.35. The molecular formula is C25H38NO+. The van der Waals surface area contributed by atoms with Crippen LogP contribution >= 0.6 is 0 Å². The summed E-state index contributed by atoms with van der Waals surface area (Å²) >= 11 is 0. The predicted molar refractivity (Wildman–Crippen MR) is 116 cm³/mol. The Labute approximate surface area is 166 Å². The summed E-state index contributed by atoms with van der Waals surface area (Å²) < 4.78 is 1.13. The minimum Gasteiger partial charge on any atom is -0.508 e. The van der Waals surface area contributed by atoms with E-state index in [0.29, 0.717) is 17.8 Å². The van der Waals surface area contributed by atoms with Gasteiger partial charge in [0, 0.05) is 17.9 Å². The molecule has 0 amide bonds. The molecule has 1 atom stereocenters. The first-order chi connectivity index (χ1) is 12.8. The van der Waals surface area contributed by atoms with Crippen molar-refractivity contribution >= 4 is 0 Å². The molecule has 2 heteroatoms. The molecule has 27 heavy (non-hydrogen) atoms. The van der Waals surface area contributed by atoms with Crippen LogP contribution in [0.15, 0.2) is 48.5 Å². The Balaban J connectivity index is 2.42. The van der Waals surface area contributed by atoms with E-state index in [9.17, 15) is 5.11 Å². The van der Waals surface area contributed by atoms with Crippen molar-refractivity contribution in [2.45, 2.75) is 72.4 Å². The quantitative estimate of drug-likeness (QED) is 0.517. The van der Waals surface area contributed by atoms with E-state index in [2.05, 4.69) is 77.9 Å². The lowest BCUT2D eigenvalue weighted by Crippen LogP contribution is -2.58. The van der Waals surface area contributed by atoms with E-state index in [4.69, 9.17) is 0 Å². The summed E-state index contributed by atoms with van der Waals surface area (Å²) in [6, 6.07) is 17.8. The molecule has 0 unspecified atom stereocenters. The minimum absolute atomic E-state index is 0.220. The summed E-state index contributed by atoms with van der Waals surface area (Å²) in [4.78, 5) is 0. The molecule has 0 fully saturated rings. The summed E-state index contributed by atoms with van der Waals surface area (Å²) in [5.41, 5.74) is 3.55. The molecule has 0 saturated carbocycles. The van der Waals surface area contributed by atoms with Crippen molar-refractivity contribution in [1.29, 1.82) is 0 Å². The number of hydrogen-bond acceptors (Lipinski definition) is 1. The SMILES string of the molecule is CCC[N+](CC[C@H](c1ccccc1)c1cc(C)ccc1O)(C(C)C)C(C)C. The van der Waals surface area contributed by atoms with E-state index >= 15 is 0 Å². The third-order valence-corrected chi connectivity index (χ3v) is 6.29. The Bertz CT molecular complexity index is 698. The molecule has 2 aromatic carbocycles. The van der Waals surface area contributed by atoms with Crippen molar-refractivity contribution in [3.8, 4) is 5.75 Å². The van der Waals surface area contributed by atoms with Gasteiger partial charge < -0.3 is 9.59 Å². The predicted octanol–water partition coefficient (Wildman–Crippen LogP) is 6.27. The molecule has 2 rings (SSSR count). The van der Waals surface area contributed by atoms with Crippen LogP contribution in [-0.4, -0.2) is 34.8 Å². The average Bonchev–Trinajstić information content (AvgIpc) is 2.64. The largest absolute Gasteiger partial charge is 0.508 e. The van der Waals surface area contributed by atoms with Crippen molar-refractivity contribution in [2.24, 2.45) is 0 Å². The van der Waals surface area contributed by atoms with Crippen molar-refractivity contribution in [3.05, 3.63) is 65.2 Å². The first-order valence-corrected chi connectivity index (χ1v) is 10.5. The zero-order valence-corrected chi connectivity index (χ0v) is 18.1. The number of aromatic hydroxyl groups is 1. The molecule has 0 spiro atoms. The van der Waals surface area contributed by atoms with Crippen molar-refractivity contribution in [3.63, 3.8) is 0 Å². The zero-order valence-electron chi connectivity index (χ0n) is 18.1. The summed E-state index contributed by atoms with van der Waals surface area (Å²) in [5.74, 6) is 0.634. The van der Waals surface area contributed by atoms with E-state index in [1.165, 1.54) is 24.1 Å². The molecule has 0 aliphatic heterocycles. The molecule has 0 heterocycles. The van der Waals surface area contributed by atoms with Crippen LogP contribution in [0.2, 0.25) is 0 Å². The monoisotopic (exact) mass is 368 g/mol. The normalized spacial score (nSPS) is 13.3. The van der Waals surface area contributed by atoms with Gasteiger partial charge in [-0.1, -0.05) is 55.0 Å². The van der Waals surface area contributed by atoms with Gasteiger partial charge >= 0.3 is 0 Å². The second-order valence-corrected chi connectivity index (χ2v) is 8.55. The highest BCUT2D eigenvalue weighted by atomic mass is 16.3. The minimum atomic E-state index is 0.220. The summed E-state index contributed by atoms with van der Waals surface area (Å²) in [7, 11) is 0. The maximum atomic E-state index is 10.6. The standard InChI is InChI=1S/C25H37NO/c1-7-16-26(19(2)3,20(4)5)17-15-23(22-11-9-8-10-12-22)24-18-21(6)13-14-25(24)27/h8-14,18-20,23H,7,15-17H2,1-6H3/p+1/t23-/m1/s1. The van der Waals surface area contributed by atoms with Crippen LogP contribution in [0.1, 0.15) is 70.1 Å². The van der Waals surface area contributed by atoms with Gasteiger partial charge in [-0.05, 0) is 52.7 Å². The van der Waals surface area contributed by atoms with Crippen LogP contribution in [-0.2, 0) is 0 Å². The Morgan fingerprint density at radius 1 is 0.889 bits per heavy atom. The maximum Gasteiger partial charge on any atom is 0.119 e. The van der Waals surface area contributed by atoms with E-state index < -0.39 is 0 Å². The van der Waals surface area contributed by atoms with Crippen LogP contribution in [0.4, 0.5) is 0 Å². The lowest BCUT2D eigenvalue weighted by Gasteiger charge is -2.47. The van der Waals surface area contributed by atoms with Gasteiger partial charge in [0.15, 0.2) is 0 Å². The van der Waals surface area contributed by atoms with Gasteiger partial charge in [0.25, 0.3) is 0 Å². The second-order valence-electron chi connectivity index (χ2n) is 8.55. The molecule has 2 nitrogen and oxygen atoms in total. The van der Waals surface area contributed by atoms with E-state index in [-0.39, 0.29) is 5.92 Å². The molecule has 0 bridgehead atoms. The molecule has 0 aromatic heterocycles. The lowest BCUT2D eigenvalue weighted by atomic mass is 9.86. The Kier molecular flexibility index (Phi) is 7.49. The first-order valence-electron chi connectivity index (χ1n) is 10.5. The number of quaternary nitrogens is 1. The Morgan fingerprint density at radius 3 is 2.07 bits per heavy atom. The van der Waals surface area contributed by atoms with Crippen molar-refractivity contribution in [2.75, 3.05) is 13.1 Å². The number of aryl methyl sites for hydroxylation is 1. The molecule has 0 aliphatic rings. The van der Waals surface area contributed by atoms with Gasteiger partial charge in [0.1, 0.15) is 5.75 Å². The third-order valence-electron chi connectivity index (χ3n) is 6.29. The Morgan fingerprint density at radius 2 is 1.52 bits per heavy atom. The first kappa shape index (κ1) is 21.5. The molecule has 148 valence electrons. The van der Waals surface area contributed by atoms with Gasteiger partial charge in [0.05, 0.1) is 25.2 Å². The molecule has 0 aliphatic carbocycles. The summed E-state index contributed by atoms with van der Waals surface area (Å²) in [5, 5.41) is 10.6. The van der Waals surface area contributed by atoms with Gasteiger partial charge in [0.2, 0.25) is 0 Å². The van der Waals surface area contributed by atoms with Crippen LogP contribution < -0.4 is 0 Å². The van der Waals surface area contributed by atoms with E-state index in [0.717, 1.165) is 23.0 Å². The van der Waals surface area contributed by atoms with E-state index in [1.54, 1.807) is 0 Å². The number of rotatable bonds is 9. The molecule has 1 N–H and O–H groups in total. The fourth-order valence-corrected chi connectivity index (χ4v) is 4.67. The Hall–Kier alpha value is -1.80. The molecular weight excluding hydrogens is 330 g/mol. The summed E-state index contributed by atoms with van der Waals surface area (Å²) in [6.45, 7) is 16.2. The number of phenolic OH excluding ortho intramolecular Hbond substituents is 1. The van der Waals surface area contributed by atoms with Crippen molar-refractivity contribution in [1.82, 2.24) is 0 Å². The number of phenols is 1. The zero-order chi connectivity index (χ0) is 20.0. The maximum absolute atomic E-state index is 10.6. The highest BCUT2D eigenvalue weighted by molar-refractivity contribution is 5.43. The van der Waals surface area contributed by atoms with Crippen LogP contribution in [0, 0.1) is 6.92 Å². The smallest absolute Gasteiger partial charge is 0.119 e. The highest BCUT2D eigenvalue weighted by Crippen LogP contribution is 2.36. The number of hydrogen-bond donors (Lipinski definition) is 1. The van der Waals surface area contributed by atoms with Crippen LogP contribution in [0.5, 0.6) is 5.75 Å². The van der Waals surface area contributed by atoms with Crippen LogP contribution in [0.25, 0.3) is 0 Å². The fraction of sp³-hybridized carbons (Fsp3) is 0.520. The third kappa shape index (κ3) is 4.93. The average molecular weight is 369 g/mol. The topological polar surface area (TPSA) is 20.2 Å². The van der Waals surface area contributed by atoms with Gasteiger partial charge in [-0.15, -0.1) is 0 Å². The van der Waals surface area contributed by atoms with E-state index in [1.807, 2.05) is 12.1 Å². The van der Waals surface area contributed by atoms with Crippen molar-refractivity contribution < 1.29 is 9.59 Å². The fourth-order valence-electron chi connectivity index (χ4n) is 4.67. The molecule has 2 aromatic rings. The lowest BCUT2D eigenvalue weighted by molar-refractivity contribution is -0.967. The van der Waals surface area contributed by atoms with Gasteiger partial charge in [-0.2, -0.15) is 0 Å². The second kappa shape index (κ2) is 9.41. The van der Waals surface area contributed by atoms with Crippen LogP contribution in [0.3, 0.4) is 0 Å². The van der Waals surface area contributed by atoms with Gasteiger partial charge in [-0.3, -0.25) is 0 Å². The molecule has 0 radical (unpaired) electrons.